The van der Waals surface area contributed by atoms with Gasteiger partial charge in [0.15, 0.2) is 0 Å². The number of nitriles is 1. The number of rotatable bonds is 2. The summed E-state index contributed by atoms with van der Waals surface area (Å²) in [6.45, 7) is 3.63. The molecule has 0 amide bonds. The third-order valence-electron chi connectivity index (χ3n) is 3.19. The SMILES string of the molecule is Cc1cc(N(C)C2CCOC2)ccc1C#N. The van der Waals surface area contributed by atoms with Gasteiger partial charge in [0.05, 0.1) is 24.3 Å². The maximum atomic E-state index is 8.88. The minimum atomic E-state index is 0.465. The Hall–Kier alpha value is -1.53. The normalized spacial score (nSPS) is 19.4. The minimum absolute atomic E-state index is 0.465. The molecule has 1 aromatic carbocycles. The number of ether oxygens (including phenoxy) is 1. The topological polar surface area (TPSA) is 36.3 Å². The average molecular weight is 216 g/mol. The Kier molecular flexibility index (Phi) is 3.12. The Morgan fingerprint density at radius 1 is 1.50 bits per heavy atom. The molecule has 84 valence electrons. The molecule has 1 atom stereocenters. The summed E-state index contributed by atoms with van der Waals surface area (Å²) in [5, 5.41) is 8.88. The van der Waals surface area contributed by atoms with E-state index in [1.54, 1.807) is 0 Å². The molecular formula is C13H16N2O. The molecule has 1 unspecified atom stereocenters. The van der Waals surface area contributed by atoms with Crippen LogP contribution in [0.25, 0.3) is 0 Å². The first kappa shape index (κ1) is 11.0. The maximum absolute atomic E-state index is 8.88. The number of nitrogens with zero attached hydrogens (tertiary/aromatic N) is 2. The number of hydrogen-bond acceptors (Lipinski definition) is 3. The second kappa shape index (κ2) is 4.54. The first-order chi connectivity index (χ1) is 7.72. The van der Waals surface area contributed by atoms with Crippen molar-refractivity contribution in [2.45, 2.75) is 19.4 Å². The molecule has 1 aromatic rings. The Balaban J connectivity index is 2.20. The molecule has 1 fully saturated rings. The zero-order chi connectivity index (χ0) is 11.5. The summed E-state index contributed by atoms with van der Waals surface area (Å²) in [6, 6.07) is 8.61. The van der Waals surface area contributed by atoms with Crippen LogP contribution in [0.2, 0.25) is 0 Å². The van der Waals surface area contributed by atoms with Crippen LogP contribution >= 0.6 is 0 Å². The van der Waals surface area contributed by atoms with Crippen LogP contribution in [0.3, 0.4) is 0 Å². The fourth-order valence-electron chi connectivity index (χ4n) is 2.03. The van der Waals surface area contributed by atoms with Gasteiger partial charge in [-0.3, -0.25) is 0 Å². The number of likely N-dealkylation sites (N-methyl/N-ethyl adjacent to an activating group) is 1. The van der Waals surface area contributed by atoms with Crippen LogP contribution in [0.15, 0.2) is 18.2 Å². The van der Waals surface area contributed by atoms with Gasteiger partial charge < -0.3 is 9.64 Å². The fraction of sp³-hybridized carbons (Fsp3) is 0.462. The lowest BCUT2D eigenvalue weighted by molar-refractivity contribution is 0.193. The predicted octanol–water partition coefficient (Wildman–Crippen LogP) is 2.09. The van der Waals surface area contributed by atoms with E-state index in [1.165, 1.54) is 0 Å². The van der Waals surface area contributed by atoms with E-state index in [9.17, 15) is 0 Å². The standard InChI is InChI=1S/C13H16N2O/c1-10-7-12(4-3-11(10)8-14)15(2)13-5-6-16-9-13/h3-4,7,13H,5-6,9H2,1-2H3. The first-order valence-corrected chi connectivity index (χ1v) is 5.53. The van der Waals surface area contributed by atoms with E-state index < -0.39 is 0 Å². The molecule has 0 N–H and O–H groups in total. The van der Waals surface area contributed by atoms with Crippen molar-refractivity contribution in [2.24, 2.45) is 0 Å². The van der Waals surface area contributed by atoms with Crippen molar-refractivity contribution in [3.63, 3.8) is 0 Å². The van der Waals surface area contributed by atoms with E-state index in [-0.39, 0.29) is 0 Å². The molecule has 1 aliphatic rings. The van der Waals surface area contributed by atoms with Gasteiger partial charge in [-0.05, 0) is 37.1 Å². The molecule has 1 aliphatic heterocycles. The van der Waals surface area contributed by atoms with Gasteiger partial charge in [-0.25, -0.2) is 0 Å². The van der Waals surface area contributed by atoms with Gasteiger partial charge >= 0.3 is 0 Å². The van der Waals surface area contributed by atoms with Crippen molar-refractivity contribution in [3.8, 4) is 6.07 Å². The van der Waals surface area contributed by atoms with Crippen LogP contribution in [0.1, 0.15) is 17.5 Å². The highest BCUT2D eigenvalue weighted by atomic mass is 16.5. The van der Waals surface area contributed by atoms with Crippen molar-refractivity contribution in [3.05, 3.63) is 29.3 Å². The Labute approximate surface area is 96.2 Å². The molecule has 0 spiro atoms. The van der Waals surface area contributed by atoms with Crippen molar-refractivity contribution >= 4 is 5.69 Å². The summed E-state index contributed by atoms with van der Waals surface area (Å²) in [5.41, 5.74) is 2.94. The lowest BCUT2D eigenvalue weighted by Gasteiger charge is -2.25. The Morgan fingerprint density at radius 2 is 2.31 bits per heavy atom. The van der Waals surface area contributed by atoms with Crippen LogP contribution in [0.5, 0.6) is 0 Å². The van der Waals surface area contributed by atoms with Crippen molar-refractivity contribution in [1.29, 1.82) is 5.26 Å². The average Bonchev–Trinajstić information content (AvgIpc) is 2.81. The maximum Gasteiger partial charge on any atom is 0.0994 e. The zero-order valence-corrected chi connectivity index (χ0v) is 9.73. The van der Waals surface area contributed by atoms with Crippen LogP contribution in [0, 0.1) is 18.3 Å². The van der Waals surface area contributed by atoms with Crippen molar-refractivity contribution < 1.29 is 4.74 Å². The number of benzene rings is 1. The minimum Gasteiger partial charge on any atom is -0.379 e. The summed E-state index contributed by atoms with van der Waals surface area (Å²) >= 11 is 0. The third-order valence-corrected chi connectivity index (χ3v) is 3.19. The zero-order valence-electron chi connectivity index (χ0n) is 9.73. The Bertz CT molecular complexity index is 416. The highest BCUT2D eigenvalue weighted by Gasteiger charge is 2.20. The van der Waals surface area contributed by atoms with E-state index in [2.05, 4.69) is 24.1 Å². The summed E-state index contributed by atoms with van der Waals surface area (Å²) in [5.74, 6) is 0. The quantitative estimate of drug-likeness (QED) is 0.759. The largest absolute Gasteiger partial charge is 0.379 e. The molecule has 1 saturated heterocycles. The molecule has 0 radical (unpaired) electrons. The number of aryl methyl sites for hydroxylation is 1. The second-order valence-corrected chi connectivity index (χ2v) is 4.24. The molecule has 2 rings (SSSR count). The van der Waals surface area contributed by atoms with Crippen LogP contribution in [0.4, 0.5) is 5.69 Å². The van der Waals surface area contributed by atoms with Gasteiger partial charge in [-0.2, -0.15) is 5.26 Å². The van der Waals surface area contributed by atoms with Gasteiger partial charge in [0.1, 0.15) is 0 Å². The number of anilines is 1. The number of hydrogen-bond donors (Lipinski definition) is 0. The molecule has 0 saturated carbocycles. The van der Waals surface area contributed by atoms with Gasteiger partial charge in [-0.1, -0.05) is 0 Å². The molecule has 16 heavy (non-hydrogen) atoms. The molecular weight excluding hydrogens is 200 g/mol. The highest BCUT2D eigenvalue weighted by Crippen LogP contribution is 2.22. The lowest BCUT2D eigenvalue weighted by atomic mass is 10.1. The summed E-state index contributed by atoms with van der Waals surface area (Å²) in [6.07, 6.45) is 1.08. The van der Waals surface area contributed by atoms with Crippen molar-refractivity contribution in [2.75, 3.05) is 25.2 Å². The first-order valence-electron chi connectivity index (χ1n) is 5.53. The van der Waals surface area contributed by atoms with Gasteiger partial charge in [0.25, 0.3) is 0 Å². The van der Waals surface area contributed by atoms with Gasteiger partial charge in [0.2, 0.25) is 0 Å². The van der Waals surface area contributed by atoms with Crippen LogP contribution < -0.4 is 4.90 Å². The Morgan fingerprint density at radius 3 is 2.88 bits per heavy atom. The molecule has 0 bridgehead atoms. The molecule has 3 nitrogen and oxygen atoms in total. The van der Waals surface area contributed by atoms with Gasteiger partial charge in [0, 0.05) is 19.3 Å². The highest BCUT2D eigenvalue weighted by molar-refractivity contribution is 5.53. The fourth-order valence-corrected chi connectivity index (χ4v) is 2.03. The lowest BCUT2D eigenvalue weighted by Crippen LogP contribution is -2.31. The molecule has 3 heteroatoms. The molecule has 0 aromatic heterocycles. The van der Waals surface area contributed by atoms with Crippen LogP contribution in [-0.2, 0) is 4.74 Å². The van der Waals surface area contributed by atoms with E-state index >= 15 is 0 Å². The summed E-state index contributed by atoms with van der Waals surface area (Å²) < 4.78 is 5.38. The van der Waals surface area contributed by atoms with Crippen molar-refractivity contribution in [1.82, 2.24) is 0 Å². The summed E-state index contributed by atoms with van der Waals surface area (Å²) in [7, 11) is 2.08. The predicted molar refractivity (Wildman–Crippen MR) is 63.5 cm³/mol. The third kappa shape index (κ3) is 2.02. The van der Waals surface area contributed by atoms with E-state index in [1.807, 2.05) is 19.1 Å². The van der Waals surface area contributed by atoms with E-state index in [4.69, 9.17) is 10.00 Å². The summed E-state index contributed by atoms with van der Waals surface area (Å²) in [4.78, 5) is 2.24. The van der Waals surface area contributed by atoms with Gasteiger partial charge in [-0.15, -0.1) is 0 Å². The monoisotopic (exact) mass is 216 g/mol. The van der Waals surface area contributed by atoms with E-state index in [0.29, 0.717) is 6.04 Å². The molecule has 0 aliphatic carbocycles. The van der Waals surface area contributed by atoms with E-state index in [0.717, 1.165) is 36.4 Å². The van der Waals surface area contributed by atoms with Crippen LogP contribution in [-0.4, -0.2) is 26.3 Å². The smallest absolute Gasteiger partial charge is 0.0994 e. The molecule has 1 heterocycles. The second-order valence-electron chi connectivity index (χ2n) is 4.24.